The number of benzene rings is 1. The summed E-state index contributed by atoms with van der Waals surface area (Å²) in [6.07, 6.45) is -1.67. The van der Waals surface area contributed by atoms with Gasteiger partial charge in [0, 0.05) is 12.5 Å². The van der Waals surface area contributed by atoms with E-state index in [9.17, 15) is 14.3 Å². The highest BCUT2D eigenvalue weighted by molar-refractivity contribution is 7.51. The van der Waals surface area contributed by atoms with E-state index in [1.54, 1.807) is 22.8 Å². The van der Waals surface area contributed by atoms with Crippen LogP contribution >= 0.6 is 7.60 Å². The lowest BCUT2D eigenvalue weighted by molar-refractivity contribution is 0.0183. The Morgan fingerprint density at radius 1 is 1.19 bits per heavy atom. The lowest BCUT2D eigenvalue weighted by atomic mass is 9.89. The summed E-state index contributed by atoms with van der Waals surface area (Å²) in [5.74, 6) is 0.0746. The van der Waals surface area contributed by atoms with Gasteiger partial charge in [-0.3, -0.25) is 9.13 Å². The van der Waals surface area contributed by atoms with Gasteiger partial charge in [0.25, 0.3) is 6.01 Å². The van der Waals surface area contributed by atoms with Crippen molar-refractivity contribution in [2.24, 2.45) is 11.1 Å². The van der Waals surface area contributed by atoms with Gasteiger partial charge < -0.3 is 35.1 Å². The minimum absolute atomic E-state index is 0.0353. The highest BCUT2D eigenvalue weighted by Gasteiger charge is 2.30. The molecule has 3 aromatic rings. The van der Waals surface area contributed by atoms with E-state index in [0.29, 0.717) is 16.7 Å². The molecule has 2 unspecified atom stereocenters. The molecule has 2 heterocycles. The van der Waals surface area contributed by atoms with Crippen LogP contribution in [0.4, 0.5) is 10.6 Å². The minimum atomic E-state index is -3.73. The van der Waals surface area contributed by atoms with Crippen LogP contribution in [0.25, 0.3) is 11.2 Å². The monoisotopic (exact) mass is 522 g/mol. The summed E-state index contributed by atoms with van der Waals surface area (Å²) in [6, 6.07) is 7.35. The third-order valence-electron chi connectivity index (χ3n) is 5.34. The number of ether oxygens (including phenoxy) is 3. The molecule has 0 aliphatic carbocycles. The predicted molar refractivity (Wildman–Crippen MR) is 132 cm³/mol. The van der Waals surface area contributed by atoms with Crippen LogP contribution in [0.1, 0.15) is 31.9 Å². The lowest BCUT2D eigenvalue weighted by Crippen LogP contribution is -2.38. The smallest absolute Gasteiger partial charge is 0.404 e. The Labute approximate surface area is 208 Å². The highest BCUT2D eigenvalue weighted by atomic mass is 31.2. The molecule has 0 aliphatic rings. The van der Waals surface area contributed by atoms with Crippen LogP contribution < -0.4 is 20.9 Å². The summed E-state index contributed by atoms with van der Waals surface area (Å²) in [5, 5.41) is 0. The molecule has 0 saturated heterocycles. The SMILES string of the molecule is COc1nc2c(N)nc(OC(COC(N)=O)C(C)(C)C)nc2n1Cc1cccc(CP(=O)(O)OC)c1. The average Bonchev–Trinajstić information content (AvgIpc) is 3.13. The molecular formula is C22H31N6O7P. The molecule has 196 valence electrons. The van der Waals surface area contributed by atoms with Crippen LogP contribution in [0.3, 0.4) is 0 Å². The molecule has 1 amide bonds. The first-order valence-electron chi connectivity index (χ1n) is 10.9. The molecule has 0 bridgehead atoms. The number of amides is 1. The molecule has 0 fully saturated rings. The Bertz CT molecular complexity index is 1290. The van der Waals surface area contributed by atoms with Crippen molar-refractivity contribution in [2.45, 2.75) is 39.6 Å². The summed E-state index contributed by atoms with van der Waals surface area (Å²) >= 11 is 0. The third-order valence-corrected chi connectivity index (χ3v) is 6.67. The van der Waals surface area contributed by atoms with Gasteiger partial charge in [-0.1, -0.05) is 45.0 Å². The predicted octanol–water partition coefficient (Wildman–Crippen LogP) is 2.69. The number of anilines is 1. The van der Waals surface area contributed by atoms with Gasteiger partial charge >= 0.3 is 19.7 Å². The number of methoxy groups -OCH3 is 1. The Morgan fingerprint density at radius 3 is 2.50 bits per heavy atom. The third kappa shape index (κ3) is 6.62. The number of fused-ring (bicyclic) bond motifs is 1. The summed E-state index contributed by atoms with van der Waals surface area (Å²) in [7, 11) is -1.07. The van der Waals surface area contributed by atoms with Crippen molar-refractivity contribution >= 4 is 30.7 Å². The Hall–Kier alpha value is -3.41. The molecule has 1 aromatic carbocycles. The highest BCUT2D eigenvalue weighted by Crippen LogP contribution is 2.44. The standard InChI is InChI=1S/C22H31N6O7P/c1-22(2,3)15(11-34-19(24)29)35-20-26-17(23)16-18(27-20)28(21(25-16)32-4)10-13-7-6-8-14(9-13)12-36(30,31)33-5/h6-9,15H,10-12H2,1-5H3,(H2,24,29)(H,30,31)(H2,23,26,27). The van der Waals surface area contributed by atoms with E-state index < -0.39 is 25.2 Å². The molecule has 13 nitrogen and oxygen atoms in total. The van der Waals surface area contributed by atoms with Crippen LogP contribution in [0, 0.1) is 5.41 Å². The summed E-state index contributed by atoms with van der Waals surface area (Å²) < 4.78 is 34.7. The van der Waals surface area contributed by atoms with Gasteiger partial charge in [0.05, 0.1) is 19.8 Å². The maximum Gasteiger partial charge on any atom is 0.404 e. The molecule has 14 heteroatoms. The first-order valence-corrected chi connectivity index (χ1v) is 12.7. The number of nitrogens with zero attached hydrogens (tertiary/aromatic N) is 4. The maximum absolute atomic E-state index is 12.0. The average molecular weight is 522 g/mol. The van der Waals surface area contributed by atoms with Crippen LogP contribution in [-0.2, 0) is 26.5 Å². The van der Waals surface area contributed by atoms with E-state index in [1.165, 1.54) is 14.2 Å². The second-order valence-corrected chi connectivity index (χ2v) is 11.1. The second kappa shape index (κ2) is 10.7. The number of primary amides is 1. The zero-order valence-corrected chi connectivity index (χ0v) is 21.7. The van der Waals surface area contributed by atoms with Gasteiger partial charge in [0.1, 0.15) is 12.7 Å². The number of hydrogen-bond acceptors (Lipinski definition) is 10. The van der Waals surface area contributed by atoms with E-state index in [2.05, 4.69) is 15.0 Å². The normalized spacial score (nSPS) is 14.3. The van der Waals surface area contributed by atoms with E-state index >= 15 is 0 Å². The molecule has 2 atom stereocenters. The minimum Gasteiger partial charge on any atom is -0.468 e. The second-order valence-electron chi connectivity index (χ2n) is 9.15. The number of nitrogen functional groups attached to an aromatic ring is 1. The molecule has 36 heavy (non-hydrogen) atoms. The van der Waals surface area contributed by atoms with Crippen molar-refractivity contribution in [2.75, 3.05) is 26.6 Å². The van der Waals surface area contributed by atoms with Crippen molar-refractivity contribution in [3.8, 4) is 12.0 Å². The summed E-state index contributed by atoms with van der Waals surface area (Å²) in [6.45, 7) is 5.86. The van der Waals surface area contributed by atoms with Crippen molar-refractivity contribution in [1.29, 1.82) is 0 Å². The fraction of sp³-hybridized carbons (Fsp3) is 0.455. The van der Waals surface area contributed by atoms with Gasteiger partial charge in [-0.05, 0) is 11.1 Å². The Morgan fingerprint density at radius 2 is 1.89 bits per heavy atom. The quantitative estimate of drug-likeness (QED) is 0.332. The van der Waals surface area contributed by atoms with E-state index in [0.717, 1.165) is 5.56 Å². The van der Waals surface area contributed by atoms with Gasteiger partial charge in [-0.15, -0.1) is 0 Å². The van der Waals surface area contributed by atoms with E-state index in [4.69, 9.17) is 30.2 Å². The first kappa shape index (κ1) is 27.2. The molecule has 5 N–H and O–H groups in total. The molecule has 0 radical (unpaired) electrons. The van der Waals surface area contributed by atoms with Crippen molar-refractivity contribution in [1.82, 2.24) is 19.5 Å². The first-order chi connectivity index (χ1) is 16.8. The Kier molecular flexibility index (Phi) is 8.07. The van der Waals surface area contributed by atoms with Crippen molar-refractivity contribution in [3.05, 3.63) is 35.4 Å². The molecular weight excluding hydrogens is 491 g/mol. The van der Waals surface area contributed by atoms with Gasteiger partial charge in [0.15, 0.2) is 17.0 Å². The number of carbonyl (C=O) groups excluding carboxylic acids is 1. The van der Waals surface area contributed by atoms with Gasteiger partial charge in [0.2, 0.25) is 0 Å². The van der Waals surface area contributed by atoms with Crippen LogP contribution in [0.15, 0.2) is 24.3 Å². The van der Waals surface area contributed by atoms with Crippen LogP contribution in [0.5, 0.6) is 12.0 Å². The summed E-state index contributed by atoms with van der Waals surface area (Å²) in [4.78, 5) is 34.1. The van der Waals surface area contributed by atoms with Gasteiger partial charge in [-0.2, -0.15) is 15.0 Å². The number of imidazole rings is 1. The van der Waals surface area contributed by atoms with Crippen LogP contribution in [0.2, 0.25) is 0 Å². The topological polar surface area (TPSA) is 187 Å². The number of carbonyl (C=O) groups is 1. The Balaban J connectivity index is 1.99. The molecule has 3 rings (SSSR count). The molecule has 2 aromatic heterocycles. The zero-order valence-electron chi connectivity index (χ0n) is 20.8. The lowest BCUT2D eigenvalue weighted by Gasteiger charge is -2.29. The number of aromatic nitrogens is 4. The zero-order chi connectivity index (χ0) is 26.7. The fourth-order valence-electron chi connectivity index (χ4n) is 3.38. The largest absolute Gasteiger partial charge is 0.468 e. The van der Waals surface area contributed by atoms with E-state index in [-0.39, 0.29) is 37.2 Å². The molecule has 0 saturated carbocycles. The molecule has 0 spiro atoms. The van der Waals surface area contributed by atoms with Crippen LogP contribution in [-0.4, -0.2) is 57.4 Å². The van der Waals surface area contributed by atoms with Crippen molar-refractivity contribution in [3.63, 3.8) is 0 Å². The summed E-state index contributed by atoms with van der Waals surface area (Å²) in [5.41, 5.74) is 12.9. The fourth-order valence-corrected chi connectivity index (χ4v) is 4.17. The number of rotatable bonds is 10. The number of nitrogens with two attached hydrogens (primary N) is 2. The van der Waals surface area contributed by atoms with Gasteiger partial charge in [-0.25, -0.2) is 4.79 Å². The van der Waals surface area contributed by atoms with Crippen molar-refractivity contribution < 1.29 is 33.0 Å². The number of hydrogen-bond donors (Lipinski definition) is 3. The maximum atomic E-state index is 12.0. The molecule has 0 aliphatic heterocycles. The van der Waals surface area contributed by atoms with E-state index in [1.807, 2.05) is 26.8 Å².